The average Bonchev–Trinajstić information content (AvgIpc) is 2.63. The molecule has 1 aromatic carbocycles. The van der Waals surface area contributed by atoms with Gasteiger partial charge in [-0.05, 0) is 31.0 Å². The molecule has 2 amide bonds. The normalized spacial score (nSPS) is 20.4. The monoisotopic (exact) mass is 375 g/mol. The molecule has 1 N–H and O–H groups in total. The molecule has 7 nitrogen and oxygen atoms in total. The maximum Gasteiger partial charge on any atom is 0.267 e. The van der Waals surface area contributed by atoms with Crippen molar-refractivity contribution in [2.24, 2.45) is 5.92 Å². The van der Waals surface area contributed by atoms with Crippen LogP contribution < -0.4 is 15.0 Å². The number of ether oxygens (including phenoxy) is 2. The highest BCUT2D eigenvalue weighted by Gasteiger charge is 2.32. The Morgan fingerprint density at radius 3 is 2.70 bits per heavy atom. The fourth-order valence-electron chi connectivity index (χ4n) is 3.36. The standard InChI is InChI=1S/C20H29N3O4/c1-14(2)12-19(24)21-16-4-5-18-17(13-16)23(20(25)15(3)27-18)7-6-22-8-10-26-11-9-22/h4-5,13-15H,6-12H2,1-3H3,(H,21,24). The second-order valence-electron chi connectivity index (χ2n) is 7.53. The summed E-state index contributed by atoms with van der Waals surface area (Å²) >= 11 is 0. The summed E-state index contributed by atoms with van der Waals surface area (Å²) in [5.74, 6) is 0.881. The van der Waals surface area contributed by atoms with Gasteiger partial charge in [0, 0.05) is 38.3 Å². The smallest absolute Gasteiger partial charge is 0.267 e. The van der Waals surface area contributed by atoms with Gasteiger partial charge in [0.15, 0.2) is 6.10 Å². The van der Waals surface area contributed by atoms with Gasteiger partial charge in [0.1, 0.15) is 5.75 Å². The molecule has 3 rings (SSSR count). The first-order valence-electron chi connectivity index (χ1n) is 9.66. The lowest BCUT2D eigenvalue weighted by molar-refractivity contribution is -0.125. The Hall–Kier alpha value is -2.12. The van der Waals surface area contributed by atoms with Crippen LogP contribution in [0.2, 0.25) is 0 Å². The summed E-state index contributed by atoms with van der Waals surface area (Å²) in [4.78, 5) is 28.9. The third-order valence-electron chi connectivity index (χ3n) is 4.79. The lowest BCUT2D eigenvalue weighted by atomic mass is 10.1. The van der Waals surface area contributed by atoms with Gasteiger partial charge in [-0.3, -0.25) is 14.5 Å². The summed E-state index contributed by atoms with van der Waals surface area (Å²) < 4.78 is 11.1. The van der Waals surface area contributed by atoms with Crippen LogP contribution in [0.4, 0.5) is 11.4 Å². The molecule has 2 aliphatic heterocycles. The van der Waals surface area contributed by atoms with Gasteiger partial charge >= 0.3 is 0 Å². The zero-order valence-corrected chi connectivity index (χ0v) is 16.4. The first-order chi connectivity index (χ1) is 12.9. The number of carbonyl (C=O) groups excluding carboxylic acids is 2. The van der Waals surface area contributed by atoms with Gasteiger partial charge < -0.3 is 19.7 Å². The first-order valence-corrected chi connectivity index (χ1v) is 9.66. The van der Waals surface area contributed by atoms with Crippen LogP contribution in [0.5, 0.6) is 5.75 Å². The van der Waals surface area contributed by atoms with Gasteiger partial charge in [-0.2, -0.15) is 0 Å². The van der Waals surface area contributed by atoms with Crippen molar-refractivity contribution in [2.75, 3.05) is 49.6 Å². The van der Waals surface area contributed by atoms with Crippen molar-refractivity contribution in [2.45, 2.75) is 33.3 Å². The van der Waals surface area contributed by atoms with Crippen LogP contribution in [0.3, 0.4) is 0 Å². The number of anilines is 2. The van der Waals surface area contributed by atoms with Crippen molar-refractivity contribution >= 4 is 23.2 Å². The molecule has 0 bridgehead atoms. The summed E-state index contributed by atoms with van der Waals surface area (Å²) in [6.07, 6.45) is -0.0480. The largest absolute Gasteiger partial charge is 0.479 e. The first kappa shape index (κ1) is 19.6. The highest BCUT2D eigenvalue weighted by atomic mass is 16.5. The van der Waals surface area contributed by atoms with Crippen molar-refractivity contribution in [1.29, 1.82) is 0 Å². The van der Waals surface area contributed by atoms with Crippen LogP contribution in [0, 0.1) is 5.92 Å². The third-order valence-corrected chi connectivity index (χ3v) is 4.79. The molecule has 0 aliphatic carbocycles. The molecule has 2 heterocycles. The third kappa shape index (κ3) is 4.99. The fourth-order valence-corrected chi connectivity index (χ4v) is 3.36. The molecule has 1 saturated heterocycles. The fraction of sp³-hybridized carbons (Fsp3) is 0.600. The molecule has 0 radical (unpaired) electrons. The Bertz CT molecular complexity index is 686. The van der Waals surface area contributed by atoms with E-state index in [2.05, 4.69) is 10.2 Å². The van der Waals surface area contributed by atoms with Gasteiger partial charge in [-0.15, -0.1) is 0 Å². The maximum absolute atomic E-state index is 12.7. The summed E-state index contributed by atoms with van der Waals surface area (Å²) in [6.45, 7) is 10.4. The number of benzene rings is 1. The van der Waals surface area contributed by atoms with E-state index in [0.29, 0.717) is 36.0 Å². The van der Waals surface area contributed by atoms with Crippen molar-refractivity contribution < 1.29 is 19.1 Å². The van der Waals surface area contributed by atoms with Crippen LogP contribution in [-0.2, 0) is 14.3 Å². The van der Waals surface area contributed by atoms with E-state index in [9.17, 15) is 9.59 Å². The number of amides is 2. The molecule has 7 heteroatoms. The molecule has 0 spiro atoms. The van der Waals surface area contributed by atoms with Gasteiger partial charge in [0.05, 0.1) is 18.9 Å². The summed E-state index contributed by atoms with van der Waals surface area (Å²) in [6, 6.07) is 5.47. The molecule has 148 valence electrons. The van der Waals surface area contributed by atoms with E-state index >= 15 is 0 Å². The van der Waals surface area contributed by atoms with E-state index in [1.165, 1.54) is 0 Å². The molecule has 27 heavy (non-hydrogen) atoms. The molecule has 1 atom stereocenters. The lowest BCUT2D eigenvalue weighted by Crippen LogP contribution is -2.48. The van der Waals surface area contributed by atoms with Crippen LogP contribution in [0.15, 0.2) is 18.2 Å². The SMILES string of the molecule is CC(C)CC(=O)Nc1ccc2c(c1)N(CCN1CCOCC1)C(=O)C(C)O2. The predicted molar refractivity (Wildman–Crippen MR) is 104 cm³/mol. The van der Waals surface area contributed by atoms with Gasteiger partial charge in [-0.25, -0.2) is 0 Å². The number of rotatable bonds is 6. The maximum atomic E-state index is 12.7. The molecule has 0 aromatic heterocycles. The van der Waals surface area contributed by atoms with E-state index in [1.807, 2.05) is 32.0 Å². The minimum atomic E-state index is -0.511. The average molecular weight is 375 g/mol. The Morgan fingerprint density at radius 2 is 2.00 bits per heavy atom. The second-order valence-corrected chi connectivity index (χ2v) is 7.53. The zero-order valence-electron chi connectivity index (χ0n) is 16.4. The molecular weight excluding hydrogens is 346 g/mol. The van der Waals surface area contributed by atoms with Crippen LogP contribution in [0.25, 0.3) is 0 Å². The summed E-state index contributed by atoms with van der Waals surface area (Å²) in [7, 11) is 0. The second kappa shape index (κ2) is 8.71. The van der Waals surface area contributed by atoms with Crippen molar-refractivity contribution in [3.8, 4) is 5.75 Å². The van der Waals surface area contributed by atoms with E-state index in [4.69, 9.17) is 9.47 Å². The van der Waals surface area contributed by atoms with Crippen molar-refractivity contribution in [1.82, 2.24) is 4.90 Å². The summed E-state index contributed by atoms with van der Waals surface area (Å²) in [5.41, 5.74) is 1.40. The molecule has 0 saturated carbocycles. The number of morpholine rings is 1. The van der Waals surface area contributed by atoms with E-state index < -0.39 is 6.10 Å². The van der Waals surface area contributed by atoms with Crippen LogP contribution in [-0.4, -0.2) is 62.2 Å². The minimum absolute atomic E-state index is 0.0266. The number of nitrogens with zero attached hydrogens (tertiary/aromatic N) is 2. The number of hydrogen-bond donors (Lipinski definition) is 1. The molecule has 1 unspecified atom stereocenters. The summed E-state index contributed by atoms with van der Waals surface area (Å²) in [5, 5.41) is 2.92. The van der Waals surface area contributed by atoms with E-state index in [1.54, 1.807) is 11.8 Å². The number of nitrogens with one attached hydrogen (secondary N) is 1. The Labute approximate surface area is 160 Å². The highest BCUT2D eigenvalue weighted by molar-refractivity contribution is 6.01. The van der Waals surface area contributed by atoms with Crippen molar-refractivity contribution in [3.63, 3.8) is 0 Å². The quantitative estimate of drug-likeness (QED) is 0.825. The molecule has 1 fully saturated rings. The van der Waals surface area contributed by atoms with E-state index in [-0.39, 0.29) is 11.8 Å². The number of carbonyl (C=O) groups is 2. The van der Waals surface area contributed by atoms with Gasteiger partial charge in [0.25, 0.3) is 5.91 Å². The number of fused-ring (bicyclic) bond motifs is 1. The van der Waals surface area contributed by atoms with Gasteiger partial charge in [0.2, 0.25) is 5.91 Å². The molecule has 1 aromatic rings. The lowest BCUT2D eigenvalue weighted by Gasteiger charge is -2.35. The Balaban J connectivity index is 1.74. The van der Waals surface area contributed by atoms with Crippen molar-refractivity contribution in [3.05, 3.63) is 18.2 Å². The highest BCUT2D eigenvalue weighted by Crippen LogP contribution is 2.36. The van der Waals surface area contributed by atoms with E-state index in [0.717, 1.165) is 32.8 Å². The van der Waals surface area contributed by atoms with Crippen LogP contribution >= 0.6 is 0 Å². The topological polar surface area (TPSA) is 71.1 Å². The molecule has 2 aliphatic rings. The predicted octanol–water partition coefficient (Wildman–Crippen LogP) is 2.12. The molecular formula is C20H29N3O4. The zero-order chi connectivity index (χ0) is 19.4. The Kier molecular flexibility index (Phi) is 6.34. The number of hydrogen-bond acceptors (Lipinski definition) is 5. The Morgan fingerprint density at radius 1 is 1.26 bits per heavy atom. The van der Waals surface area contributed by atoms with Crippen LogP contribution in [0.1, 0.15) is 27.2 Å². The minimum Gasteiger partial charge on any atom is -0.479 e. The van der Waals surface area contributed by atoms with Gasteiger partial charge in [-0.1, -0.05) is 13.8 Å².